The Morgan fingerprint density at radius 1 is 1.07 bits per heavy atom. The molecule has 0 saturated heterocycles. The highest BCUT2D eigenvalue weighted by atomic mass is 32.1. The summed E-state index contributed by atoms with van der Waals surface area (Å²) < 4.78 is 12.8. The minimum absolute atomic E-state index is 0.0519. The number of benzene rings is 2. The minimum Gasteiger partial charge on any atom is -0.490 e. The Morgan fingerprint density at radius 2 is 1.79 bits per heavy atom. The Balaban J connectivity index is 1.92. The van der Waals surface area contributed by atoms with Crippen LogP contribution in [0.4, 0.5) is 0 Å². The van der Waals surface area contributed by atoms with Crippen LogP contribution in [0.25, 0.3) is 10.1 Å². The van der Waals surface area contributed by atoms with Crippen LogP contribution in [0.1, 0.15) is 29.9 Å². The van der Waals surface area contributed by atoms with Crippen molar-refractivity contribution in [1.82, 2.24) is 5.01 Å². The van der Waals surface area contributed by atoms with E-state index in [1.807, 2.05) is 38.1 Å². The number of carbonyl (C=O) groups excluding carboxylic acids is 1. The first-order valence-electron chi connectivity index (χ1n) is 9.37. The second kappa shape index (κ2) is 7.64. The van der Waals surface area contributed by atoms with E-state index in [0.29, 0.717) is 24.7 Å². The van der Waals surface area contributed by atoms with E-state index in [4.69, 9.17) is 9.47 Å². The Morgan fingerprint density at radius 3 is 2.50 bits per heavy atom. The number of likely N-dealkylation sites (N-methyl/N-ethyl adjacent to an activating group) is 1. The molecule has 2 aromatic carbocycles. The fourth-order valence-corrected chi connectivity index (χ4v) is 4.38. The maximum atomic E-state index is 12.6. The number of thiophene rings is 1. The number of ether oxygens (including phenoxy) is 2. The summed E-state index contributed by atoms with van der Waals surface area (Å²) in [5.41, 5.74) is 2.60. The predicted octanol–water partition coefficient (Wildman–Crippen LogP) is 4.47. The summed E-state index contributed by atoms with van der Waals surface area (Å²) in [6.45, 7) is 4.95. The number of hydrazone groups is 1. The maximum absolute atomic E-state index is 12.6. The zero-order valence-corrected chi connectivity index (χ0v) is 17.0. The van der Waals surface area contributed by atoms with Crippen LogP contribution in [0.15, 0.2) is 47.6 Å². The summed E-state index contributed by atoms with van der Waals surface area (Å²) in [6, 6.07) is 14.3. The number of hydrogen-bond donors (Lipinski definition) is 0. The van der Waals surface area contributed by atoms with Gasteiger partial charge < -0.3 is 9.47 Å². The highest BCUT2D eigenvalue weighted by molar-refractivity contribution is 7.21. The molecule has 1 aliphatic heterocycles. The van der Waals surface area contributed by atoms with E-state index in [2.05, 4.69) is 23.3 Å². The zero-order valence-electron chi connectivity index (χ0n) is 16.2. The van der Waals surface area contributed by atoms with Crippen LogP contribution in [0.3, 0.4) is 0 Å². The highest BCUT2D eigenvalue weighted by Crippen LogP contribution is 2.36. The quantitative estimate of drug-likeness (QED) is 0.642. The molecular formula is C22H22N2O3S. The van der Waals surface area contributed by atoms with E-state index in [0.717, 1.165) is 21.7 Å². The molecule has 0 fully saturated rings. The highest BCUT2D eigenvalue weighted by Gasteiger charge is 2.25. The molecular weight excluding hydrogens is 372 g/mol. The fraction of sp³-hybridized carbons (Fsp3) is 0.273. The SMILES string of the molecule is CCOc1cc2c(cc1OCC)C(c1cc3ccccc3s1)=NN(C)C(=O)C2. The van der Waals surface area contributed by atoms with Gasteiger partial charge in [0.1, 0.15) is 5.71 Å². The summed E-state index contributed by atoms with van der Waals surface area (Å²) in [5, 5.41) is 7.25. The molecule has 0 N–H and O–H groups in total. The first kappa shape index (κ1) is 18.5. The second-order valence-electron chi connectivity index (χ2n) is 6.51. The van der Waals surface area contributed by atoms with Crippen molar-refractivity contribution in [1.29, 1.82) is 0 Å². The Kier molecular flexibility index (Phi) is 5.05. The summed E-state index contributed by atoms with van der Waals surface area (Å²) in [7, 11) is 1.70. The molecule has 144 valence electrons. The van der Waals surface area contributed by atoms with Crippen molar-refractivity contribution in [3.05, 3.63) is 58.5 Å². The number of hydrogen-bond acceptors (Lipinski definition) is 5. The predicted molar refractivity (Wildman–Crippen MR) is 113 cm³/mol. The summed E-state index contributed by atoms with van der Waals surface area (Å²) >= 11 is 1.67. The van der Waals surface area contributed by atoms with E-state index in [9.17, 15) is 4.79 Å². The summed E-state index contributed by atoms with van der Waals surface area (Å²) in [6.07, 6.45) is 0.274. The largest absolute Gasteiger partial charge is 0.490 e. The van der Waals surface area contributed by atoms with Crippen molar-refractivity contribution in [2.24, 2.45) is 5.10 Å². The molecule has 6 heteroatoms. The van der Waals surface area contributed by atoms with Crippen LogP contribution >= 0.6 is 11.3 Å². The number of carbonyl (C=O) groups is 1. The van der Waals surface area contributed by atoms with E-state index in [1.54, 1.807) is 18.4 Å². The van der Waals surface area contributed by atoms with Gasteiger partial charge in [0, 0.05) is 17.3 Å². The van der Waals surface area contributed by atoms with E-state index >= 15 is 0 Å². The van der Waals surface area contributed by atoms with Crippen molar-refractivity contribution in [2.75, 3.05) is 20.3 Å². The molecule has 0 atom stereocenters. The lowest BCUT2D eigenvalue weighted by Gasteiger charge is -2.15. The lowest BCUT2D eigenvalue weighted by molar-refractivity contribution is -0.129. The molecule has 0 bridgehead atoms. The van der Waals surface area contributed by atoms with Gasteiger partial charge in [-0.25, -0.2) is 5.01 Å². The van der Waals surface area contributed by atoms with Crippen LogP contribution in [0.5, 0.6) is 11.5 Å². The Hall–Kier alpha value is -2.86. The third-order valence-electron chi connectivity index (χ3n) is 4.64. The van der Waals surface area contributed by atoms with Crippen molar-refractivity contribution in [3.63, 3.8) is 0 Å². The van der Waals surface area contributed by atoms with Crippen molar-refractivity contribution >= 4 is 33.0 Å². The monoisotopic (exact) mass is 394 g/mol. The lowest BCUT2D eigenvalue weighted by Crippen LogP contribution is -2.22. The van der Waals surface area contributed by atoms with Gasteiger partial charge in [0.2, 0.25) is 5.91 Å². The zero-order chi connectivity index (χ0) is 19.7. The van der Waals surface area contributed by atoms with Gasteiger partial charge in [-0.15, -0.1) is 11.3 Å². The van der Waals surface area contributed by atoms with Gasteiger partial charge >= 0.3 is 0 Å². The van der Waals surface area contributed by atoms with E-state index in [-0.39, 0.29) is 12.3 Å². The molecule has 0 radical (unpaired) electrons. The summed E-state index contributed by atoms with van der Waals surface area (Å²) in [5.74, 6) is 1.29. The molecule has 3 aromatic rings. The lowest BCUT2D eigenvalue weighted by atomic mass is 9.98. The van der Waals surface area contributed by atoms with Gasteiger partial charge in [-0.1, -0.05) is 18.2 Å². The molecule has 4 rings (SSSR count). The van der Waals surface area contributed by atoms with Gasteiger partial charge in [0.05, 0.1) is 24.5 Å². The van der Waals surface area contributed by atoms with Gasteiger partial charge in [-0.3, -0.25) is 4.79 Å². The molecule has 1 aliphatic rings. The summed E-state index contributed by atoms with van der Waals surface area (Å²) in [4.78, 5) is 13.6. The first-order chi connectivity index (χ1) is 13.6. The van der Waals surface area contributed by atoms with Crippen molar-refractivity contribution in [2.45, 2.75) is 20.3 Å². The molecule has 28 heavy (non-hydrogen) atoms. The number of fused-ring (bicyclic) bond motifs is 2. The van der Waals surface area contributed by atoms with Gasteiger partial charge in [0.25, 0.3) is 0 Å². The van der Waals surface area contributed by atoms with Crippen molar-refractivity contribution < 1.29 is 14.3 Å². The molecule has 2 heterocycles. The van der Waals surface area contributed by atoms with Gasteiger partial charge in [0.15, 0.2) is 11.5 Å². The molecule has 0 unspecified atom stereocenters. The third-order valence-corrected chi connectivity index (χ3v) is 5.76. The van der Waals surface area contributed by atoms with Gasteiger partial charge in [-0.05, 0) is 49.1 Å². The first-order valence-corrected chi connectivity index (χ1v) is 10.2. The Labute approximate surface area is 168 Å². The third kappa shape index (κ3) is 3.36. The smallest absolute Gasteiger partial charge is 0.246 e. The van der Waals surface area contributed by atoms with Crippen LogP contribution < -0.4 is 9.47 Å². The number of amides is 1. The normalized spacial score (nSPS) is 13.9. The number of rotatable bonds is 5. The maximum Gasteiger partial charge on any atom is 0.246 e. The van der Waals surface area contributed by atoms with Crippen LogP contribution in [-0.2, 0) is 11.2 Å². The molecule has 0 spiro atoms. The van der Waals surface area contributed by atoms with Crippen LogP contribution in [-0.4, -0.2) is 36.9 Å². The van der Waals surface area contributed by atoms with Crippen LogP contribution in [0, 0.1) is 0 Å². The van der Waals surface area contributed by atoms with Crippen LogP contribution in [0.2, 0.25) is 0 Å². The topological polar surface area (TPSA) is 51.1 Å². The van der Waals surface area contributed by atoms with Gasteiger partial charge in [-0.2, -0.15) is 5.10 Å². The number of nitrogens with zero attached hydrogens (tertiary/aromatic N) is 2. The standard InChI is InChI=1S/C22H22N2O3S/c1-4-26-17-10-15-12-21(25)24(3)23-22(16(15)13-18(17)27-5-2)20-11-14-8-6-7-9-19(14)28-20/h6-11,13H,4-5,12H2,1-3H3. The van der Waals surface area contributed by atoms with E-state index in [1.165, 1.54) is 15.1 Å². The molecule has 1 amide bonds. The van der Waals surface area contributed by atoms with Crippen molar-refractivity contribution in [3.8, 4) is 11.5 Å². The molecule has 0 saturated carbocycles. The average molecular weight is 394 g/mol. The second-order valence-corrected chi connectivity index (χ2v) is 7.60. The van der Waals surface area contributed by atoms with E-state index < -0.39 is 0 Å². The molecule has 1 aromatic heterocycles. The Bertz CT molecular complexity index is 1040. The molecule has 0 aliphatic carbocycles. The minimum atomic E-state index is -0.0519. The fourth-order valence-electron chi connectivity index (χ4n) is 3.32. The molecule has 5 nitrogen and oxygen atoms in total. The average Bonchev–Trinajstić information content (AvgIpc) is 3.07.